The number of alkyl halides is 6. The maximum Gasteiger partial charge on any atom is 0.434 e. The Morgan fingerprint density at radius 2 is 1.62 bits per heavy atom. The first-order chi connectivity index (χ1) is 15.9. The van der Waals surface area contributed by atoms with Gasteiger partial charge in [-0.2, -0.15) is 26.3 Å². The Kier molecular flexibility index (Phi) is 6.92. The molecule has 1 aromatic rings. The van der Waals surface area contributed by atoms with Crippen molar-refractivity contribution in [3.05, 3.63) is 29.3 Å². The van der Waals surface area contributed by atoms with Crippen LogP contribution in [0.1, 0.15) is 11.1 Å². The molecular formula is C22H28F6N4O2. The molecule has 6 nitrogen and oxygen atoms in total. The van der Waals surface area contributed by atoms with Crippen molar-refractivity contribution in [1.82, 2.24) is 15.1 Å². The van der Waals surface area contributed by atoms with Crippen molar-refractivity contribution < 1.29 is 35.9 Å². The molecule has 3 saturated heterocycles. The van der Waals surface area contributed by atoms with Gasteiger partial charge in [-0.15, -0.1) is 0 Å². The highest BCUT2D eigenvalue weighted by Gasteiger charge is 2.60. The number of carbonyl (C=O) groups excluding carboxylic acids is 1. The number of ether oxygens (including phenoxy) is 1. The number of carbonyl (C=O) groups is 1. The zero-order chi connectivity index (χ0) is 24.7. The molecule has 1 aromatic carbocycles. The van der Waals surface area contributed by atoms with E-state index in [1.165, 1.54) is 16.8 Å². The van der Waals surface area contributed by atoms with E-state index in [2.05, 4.69) is 38.9 Å². The Hall–Kier alpha value is -2.21. The maximum absolute atomic E-state index is 12.7. The molecule has 3 heterocycles. The molecule has 3 fully saturated rings. The first-order valence-electron chi connectivity index (χ1n) is 11.3. The lowest BCUT2D eigenvalue weighted by atomic mass is 10.0. The average Bonchev–Trinajstić information content (AvgIpc) is 3.31. The van der Waals surface area contributed by atoms with Gasteiger partial charge in [-0.3, -0.25) is 4.90 Å². The first kappa shape index (κ1) is 24.9. The second-order valence-corrected chi connectivity index (χ2v) is 9.26. The number of piperazine rings is 1. The molecule has 1 amide bonds. The number of benzene rings is 1. The van der Waals surface area contributed by atoms with Gasteiger partial charge in [0.25, 0.3) is 6.10 Å². The van der Waals surface area contributed by atoms with E-state index in [9.17, 15) is 31.1 Å². The van der Waals surface area contributed by atoms with Crippen molar-refractivity contribution in [1.29, 1.82) is 0 Å². The van der Waals surface area contributed by atoms with Crippen LogP contribution in [-0.4, -0.2) is 86.7 Å². The lowest BCUT2D eigenvalue weighted by molar-refractivity contribution is -0.308. The van der Waals surface area contributed by atoms with Gasteiger partial charge in [0, 0.05) is 64.6 Å². The minimum absolute atomic E-state index is 0.0144. The van der Waals surface area contributed by atoms with Crippen LogP contribution in [0.4, 0.5) is 36.8 Å². The summed E-state index contributed by atoms with van der Waals surface area (Å²) in [6.07, 6.45) is -17.1. The molecule has 2 unspecified atom stereocenters. The molecule has 0 aromatic heterocycles. The SMILES string of the molecule is Cc1c(CN2CC3CN(C(=O)OC(C(F)(F)F)C(F)(F)F)CC3C2)cccc1N1CCNCC1. The normalized spacial score (nSPS) is 24.1. The molecule has 4 rings (SSSR count). The fraction of sp³-hybridized carbons (Fsp3) is 0.682. The molecule has 0 bridgehead atoms. The number of likely N-dealkylation sites (tertiary alicyclic amines) is 2. The van der Waals surface area contributed by atoms with Crippen molar-refractivity contribution in [3.8, 4) is 0 Å². The number of anilines is 1. The molecule has 1 N–H and O–H groups in total. The van der Waals surface area contributed by atoms with E-state index in [4.69, 9.17) is 0 Å². The molecule has 0 aliphatic carbocycles. The number of rotatable bonds is 4. The van der Waals surface area contributed by atoms with Crippen LogP contribution in [0, 0.1) is 18.8 Å². The number of halogens is 6. The van der Waals surface area contributed by atoms with Crippen LogP contribution in [0.3, 0.4) is 0 Å². The Labute approximate surface area is 193 Å². The largest absolute Gasteiger partial charge is 0.434 e. The van der Waals surface area contributed by atoms with Gasteiger partial charge in [0.15, 0.2) is 0 Å². The second kappa shape index (κ2) is 9.44. The quantitative estimate of drug-likeness (QED) is 0.651. The van der Waals surface area contributed by atoms with Crippen molar-refractivity contribution in [2.24, 2.45) is 11.8 Å². The summed E-state index contributed by atoms with van der Waals surface area (Å²) >= 11 is 0. The molecule has 2 atom stereocenters. The maximum atomic E-state index is 12.7. The predicted molar refractivity (Wildman–Crippen MR) is 112 cm³/mol. The zero-order valence-electron chi connectivity index (χ0n) is 18.8. The van der Waals surface area contributed by atoms with Crippen LogP contribution < -0.4 is 10.2 Å². The van der Waals surface area contributed by atoms with E-state index < -0.39 is 24.5 Å². The number of amides is 1. The molecular weight excluding hydrogens is 466 g/mol. The van der Waals surface area contributed by atoms with Crippen molar-refractivity contribution in [2.45, 2.75) is 31.9 Å². The van der Waals surface area contributed by atoms with Gasteiger partial charge in [0.05, 0.1) is 0 Å². The summed E-state index contributed by atoms with van der Waals surface area (Å²) < 4.78 is 80.1. The Morgan fingerprint density at radius 3 is 2.18 bits per heavy atom. The van der Waals surface area contributed by atoms with Gasteiger partial charge >= 0.3 is 18.4 Å². The van der Waals surface area contributed by atoms with Gasteiger partial charge in [0.1, 0.15) is 0 Å². The molecule has 0 radical (unpaired) electrons. The highest BCUT2D eigenvalue weighted by molar-refractivity contribution is 5.68. The average molecular weight is 494 g/mol. The van der Waals surface area contributed by atoms with E-state index >= 15 is 0 Å². The lowest BCUT2D eigenvalue weighted by Crippen LogP contribution is -2.48. The molecule has 12 heteroatoms. The van der Waals surface area contributed by atoms with Crippen LogP contribution >= 0.6 is 0 Å². The highest BCUT2D eigenvalue weighted by atomic mass is 19.4. The smallest absolute Gasteiger partial charge is 0.426 e. The third kappa shape index (κ3) is 5.37. The minimum atomic E-state index is -5.71. The summed E-state index contributed by atoms with van der Waals surface area (Å²) in [5.41, 5.74) is 3.60. The summed E-state index contributed by atoms with van der Waals surface area (Å²) in [7, 11) is 0. The lowest BCUT2D eigenvalue weighted by Gasteiger charge is -2.32. The molecule has 190 valence electrons. The standard InChI is InChI=1S/C22H28F6N4O2/c1-14-15(3-2-4-18(14)31-7-5-29-6-8-31)9-30-10-16-12-32(13-17(16)11-30)20(33)34-19(21(23,24)25)22(26,27)28/h2-4,16-17,19,29H,5-13H2,1H3. The molecule has 3 aliphatic rings. The number of hydrogen-bond acceptors (Lipinski definition) is 5. The van der Waals surface area contributed by atoms with E-state index in [-0.39, 0.29) is 24.9 Å². The number of nitrogens with one attached hydrogen (secondary N) is 1. The molecule has 0 spiro atoms. The summed E-state index contributed by atoms with van der Waals surface area (Å²) in [5, 5.41) is 3.34. The summed E-state index contributed by atoms with van der Waals surface area (Å²) in [4.78, 5) is 17.6. The van der Waals surface area contributed by atoms with Crippen LogP contribution in [0.15, 0.2) is 18.2 Å². The van der Waals surface area contributed by atoms with Crippen molar-refractivity contribution >= 4 is 11.8 Å². The van der Waals surface area contributed by atoms with Crippen LogP contribution in [0.25, 0.3) is 0 Å². The van der Waals surface area contributed by atoms with E-state index in [0.717, 1.165) is 31.1 Å². The van der Waals surface area contributed by atoms with Gasteiger partial charge in [-0.1, -0.05) is 12.1 Å². The van der Waals surface area contributed by atoms with Crippen molar-refractivity contribution in [3.63, 3.8) is 0 Å². The van der Waals surface area contributed by atoms with Gasteiger partial charge in [0.2, 0.25) is 0 Å². The first-order valence-corrected chi connectivity index (χ1v) is 11.3. The summed E-state index contributed by atoms with van der Waals surface area (Å²) in [6.45, 7) is 7.95. The van der Waals surface area contributed by atoms with Crippen LogP contribution in [0.2, 0.25) is 0 Å². The number of hydrogen-bond donors (Lipinski definition) is 1. The van der Waals surface area contributed by atoms with E-state index in [1.54, 1.807) is 0 Å². The van der Waals surface area contributed by atoms with Crippen LogP contribution in [-0.2, 0) is 11.3 Å². The minimum Gasteiger partial charge on any atom is -0.426 e. The fourth-order valence-corrected chi connectivity index (χ4v) is 5.19. The molecule has 34 heavy (non-hydrogen) atoms. The topological polar surface area (TPSA) is 48.1 Å². The summed E-state index contributed by atoms with van der Waals surface area (Å²) in [6, 6.07) is 6.22. The monoisotopic (exact) mass is 494 g/mol. The van der Waals surface area contributed by atoms with Crippen molar-refractivity contribution in [2.75, 3.05) is 57.3 Å². The van der Waals surface area contributed by atoms with Crippen LogP contribution in [0.5, 0.6) is 0 Å². The van der Waals surface area contributed by atoms with E-state index in [0.29, 0.717) is 19.6 Å². The van der Waals surface area contributed by atoms with E-state index in [1.807, 2.05) is 6.07 Å². The zero-order valence-corrected chi connectivity index (χ0v) is 18.8. The number of nitrogens with zero attached hydrogens (tertiary/aromatic N) is 3. The third-order valence-electron chi connectivity index (χ3n) is 6.90. The Morgan fingerprint density at radius 1 is 1.03 bits per heavy atom. The Bertz CT molecular complexity index is 859. The fourth-order valence-electron chi connectivity index (χ4n) is 5.19. The third-order valence-corrected chi connectivity index (χ3v) is 6.90. The number of fused-ring (bicyclic) bond motifs is 1. The Balaban J connectivity index is 1.33. The molecule has 0 saturated carbocycles. The van der Waals surface area contributed by atoms with Gasteiger partial charge in [-0.25, -0.2) is 4.79 Å². The van der Waals surface area contributed by atoms with Gasteiger partial charge in [-0.05, 0) is 36.0 Å². The second-order valence-electron chi connectivity index (χ2n) is 9.26. The van der Waals surface area contributed by atoms with Gasteiger partial charge < -0.3 is 19.9 Å². The summed E-state index contributed by atoms with van der Waals surface area (Å²) in [5.74, 6) is -0.0288. The predicted octanol–water partition coefficient (Wildman–Crippen LogP) is 3.40. The highest BCUT2D eigenvalue weighted by Crippen LogP contribution is 2.38. The molecule has 3 aliphatic heterocycles.